The zero-order chi connectivity index (χ0) is 25.0. The smallest absolute Gasteiger partial charge is 0.368 e. The van der Waals surface area contributed by atoms with Crippen LogP contribution in [0.25, 0.3) is 22.6 Å². The second kappa shape index (κ2) is 9.79. The molecule has 0 aliphatic rings. The maximum atomic E-state index is 12.3. The van der Waals surface area contributed by atoms with E-state index in [0.29, 0.717) is 29.6 Å². The van der Waals surface area contributed by atoms with Crippen molar-refractivity contribution in [3.63, 3.8) is 0 Å². The van der Waals surface area contributed by atoms with Crippen molar-refractivity contribution >= 4 is 23.5 Å². The Morgan fingerprint density at radius 2 is 1.69 bits per heavy atom. The predicted octanol–water partition coefficient (Wildman–Crippen LogP) is 4.04. The third-order valence-electron chi connectivity index (χ3n) is 4.94. The number of nitrogens with one attached hydrogen (secondary N) is 2. The Hall–Kier alpha value is -4.48. The van der Waals surface area contributed by atoms with Gasteiger partial charge in [0.15, 0.2) is 5.82 Å². The Bertz CT molecular complexity index is 1320. The zero-order valence-electron chi connectivity index (χ0n) is 18.5. The van der Waals surface area contributed by atoms with Crippen LogP contribution in [-0.4, -0.2) is 43.4 Å². The molecule has 9 nitrogen and oxygen atoms in total. The third kappa shape index (κ3) is 5.91. The van der Waals surface area contributed by atoms with Crippen LogP contribution in [0.4, 0.5) is 30.8 Å². The van der Waals surface area contributed by atoms with Gasteiger partial charge >= 0.3 is 6.18 Å². The van der Waals surface area contributed by atoms with E-state index >= 15 is 0 Å². The van der Waals surface area contributed by atoms with Crippen molar-refractivity contribution in [1.82, 2.24) is 30.0 Å². The van der Waals surface area contributed by atoms with E-state index in [0.717, 1.165) is 11.3 Å². The minimum Gasteiger partial charge on any atom is -0.368 e. The molecule has 0 fully saturated rings. The van der Waals surface area contributed by atoms with Crippen molar-refractivity contribution in [3.05, 3.63) is 66.4 Å². The molecule has 0 aliphatic carbocycles. The van der Waals surface area contributed by atoms with Crippen LogP contribution in [0, 0.1) is 0 Å². The summed E-state index contributed by atoms with van der Waals surface area (Å²) in [6, 6.07) is 15.3. The van der Waals surface area contributed by atoms with Crippen molar-refractivity contribution < 1.29 is 18.0 Å². The Balaban J connectivity index is 1.48. The lowest BCUT2D eigenvalue weighted by molar-refractivity contribution is -0.123. The largest absolute Gasteiger partial charge is 0.405 e. The van der Waals surface area contributed by atoms with Gasteiger partial charge in [-0.2, -0.15) is 18.2 Å². The van der Waals surface area contributed by atoms with Crippen molar-refractivity contribution in [3.8, 4) is 22.6 Å². The number of aromatic nitrogens is 5. The Morgan fingerprint density at radius 3 is 2.31 bits per heavy atom. The van der Waals surface area contributed by atoms with Gasteiger partial charge in [-0.25, -0.2) is 14.6 Å². The molecule has 0 spiro atoms. The number of amides is 1. The standard InChI is InChI=1S/C23H21F3N8O/c1-2-34-22(30-17-9-7-14(8-10-17)18-11-12-28-21(27)31-18)32-19(33-34)15-3-5-16(6-4-15)20(35)29-13-23(24,25)26/h3-12H,2,13H2,1H3,(H,29,35)(H2,27,28,31)(H,30,32,33). The first-order valence-electron chi connectivity index (χ1n) is 10.6. The van der Waals surface area contributed by atoms with Crippen LogP contribution < -0.4 is 16.4 Å². The summed E-state index contributed by atoms with van der Waals surface area (Å²) in [6.07, 6.45) is -2.88. The van der Waals surface area contributed by atoms with Gasteiger partial charge in [-0.3, -0.25) is 4.79 Å². The molecular weight excluding hydrogens is 461 g/mol. The monoisotopic (exact) mass is 482 g/mol. The van der Waals surface area contributed by atoms with E-state index in [2.05, 4.69) is 25.4 Å². The number of nitrogens with zero attached hydrogens (tertiary/aromatic N) is 5. The fourth-order valence-electron chi connectivity index (χ4n) is 3.22. The number of alkyl halides is 3. The summed E-state index contributed by atoms with van der Waals surface area (Å²) in [4.78, 5) is 24.5. The van der Waals surface area contributed by atoms with Crippen LogP contribution in [0.5, 0.6) is 0 Å². The number of rotatable bonds is 7. The molecular formula is C23H21F3N8O. The minimum absolute atomic E-state index is 0.108. The zero-order valence-corrected chi connectivity index (χ0v) is 18.5. The van der Waals surface area contributed by atoms with Gasteiger partial charge in [0.1, 0.15) is 6.54 Å². The number of hydrogen-bond acceptors (Lipinski definition) is 7. The third-order valence-corrected chi connectivity index (χ3v) is 4.94. The number of nitrogens with two attached hydrogens (primary N) is 1. The van der Waals surface area contributed by atoms with Gasteiger partial charge in [-0.05, 0) is 37.3 Å². The van der Waals surface area contributed by atoms with Crippen LogP contribution >= 0.6 is 0 Å². The summed E-state index contributed by atoms with van der Waals surface area (Å²) in [5, 5.41) is 9.54. The number of nitrogen functional groups attached to an aromatic ring is 1. The average molecular weight is 482 g/mol. The second-order valence-electron chi connectivity index (χ2n) is 7.45. The van der Waals surface area contributed by atoms with Crippen LogP contribution in [0.1, 0.15) is 17.3 Å². The van der Waals surface area contributed by atoms with E-state index < -0.39 is 18.6 Å². The molecule has 0 saturated carbocycles. The van der Waals surface area contributed by atoms with Crippen LogP contribution in [0.15, 0.2) is 60.8 Å². The number of hydrogen-bond donors (Lipinski definition) is 3. The van der Waals surface area contributed by atoms with Gasteiger partial charge in [0, 0.05) is 35.1 Å². The SMILES string of the molecule is CCn1nc(-c2ccc(C(=O)NCC(F)(F)F)cc2)nc1Nc1ccc(-c2ccnc(N)n2)cc1. The molecule has 12 heteroatoms. The summed E-state index contributed by atoms with van der Waals surface area (Å²) in [7, 11) is 0. The van der Waals surface area contributed by atoms with Crippen LogP contribution in [-0.2, 0) is 6.54 Å². The van der Waals surface area contributed by atoms with Crippen LogP contribution in [0.2, 0.25) is 0 Å². The van der Waals surface area contributed by atoms with Gasteiger partial charge in [-0.15, -0.1) is 5.10 Å². The lowest BCUT2D eigenvalue weighted by Crippen LogP contribution is -2.33. The molecule has 4 rings (SSSR count). The number of benzene rings is 2. The lowest BCUT2D eigenvalue weighted by atomic mass is 10.1. The molecule has 0 saturated heterocycles. The molecule has 0 unspecified atom stereocenters. The van der Waals surface area contributed by atoms with Gasteiger partial charge in [-0.1, -0.05) is 24.3 Å². The molecule has 1 amide bonds. The number of carbonyl (C=O) groups is 1. The summed E-state index contributed by atoms with van der Waals surface area (Å²) in [5.74, 6) is 0.304. The maximum Gasteiger partial charge on any atom is 0.405 e. The van der Waals surface area contributed by atoms with Crippen LogP contribution in [0.3, 0.4) is 0 Å². The van der Waals surface area contributed by atoms with Gasteiger partial charge in [0.25, 0.3) is 5.91 Å². The van der Waals surface area contributed by atoms with Gasteiger partial charge in [0.2, 0.25) is 11.9 Å². The molecule has 2 heterocycles. The highest BCUT2D eigenvalue weighted by Crippen LogP contribution is 2.24. The summed E-state index contributed by atoms with van der Waals surface area (Å²) in [6.45, 7) is 1.07. The van der Waals surface area contributed by atoms with E-state index in [9.17, 15) is 18.0 Å². The summed E-state index contributed by atoms with van der Waals surface area (Å²) in [5.41, 5.74) is 8.73. The molecule has 180 valence electrons. The van der Waals surface area contributed by atoms with E-state index in [1.165, 1.54) is 12.1 Å². The molecule has 4 aromatic rings. The topological polar surface area (TPSA) is 124 Å². The molecule has 0 aliphatic heterocycles. The summed E-state index contributed by atoms with van der Waals surface area (Å²) < 4.78 is 38.6. The highest BCUT2D eigenvalue weighted by atomic mass is 19.4. The Labute approximate surface area is 198 Å². The molecule has 2 aromatic heterocycles. The number of carbonyl (C=O) groups excluding carboxylic acids is 1. The normalized spacial score (nSPS) is 11.3. The molecule has 35 heavy (non-hydrogen) atoms. The number of halogens is 3. The average Bonchev–Trinajstić information content (AvgIpc) is 3.25. The Morgan fingerprint density at radius 1 is 1.00 bits per heavy atom. The minimum atomic E-state index is -4.47. The highest BCUT2D eigenvalue weighted by molar-refractivity contribution is 5.94. The molecule has 0 atom stereocenters. The van der Waals surface area contributed by atoms with Crippen molar-refractivity contribution in [1.29, 1.82) is 0 Å². The molecule has 0 bridgehead atoms. The van der Waals surface area contributed by atoms with E-state index in [1.54, 1.807) is 29.1 Å². The fraction of sp³-hybridized carbons (Fsp3) is 0.174. The van der Waals surface area contributed by atoms with E-state index in [1.807, 2.05) is 36.5 Å². The lowest BCUT2D eigenvalue weighted by Gasteiger charge is -2.08. The molecule has 2 aromatic carbocycles. The predicted molar refractivity (Wildman–Crippen MR) is 125 cm³/mol. The molecule has 4 N–H and O–H groups in total. The van der Waals surface area contributed by atoms with E-state index in [4.69, 9.17) is 5.73 Å². The second-order valence-corrected chi connectivity index (χ2v) is 7.45. The van der Waals surface area contributed by atoms with E-state index in [-0.39, 0.29) is 11.5 Å². The first-order valence-corrected chi connectivity index (χ1v) is 10.6. The molecule has 0 radical (unpaired) electrons. The summed E-state index contributed by atoms with van der Waals surface area (Å²) >= 11 is 0. The van der Waals surface area contributed by atoms with Gasteiger partial charge < -0.3 is 16.4 Å². The quantitative estimate of drug-likeness (QED) is 0.363. The number of aryl methyl sites for hydroxylation is 1. The fourth-order valence-corrected chi connectivity index (χ4v) is 3.22. The van der Waals surface area contributed by atoms with Crippen molar-refractivity contribution in [2.75, 3.05) is 17.6 Å². The number of anilines is 3. The maximum absolute atomic E-state index is 12.3. The van der Waals surface area contributed by atoms with Crippen molar-refractivity contribution in [2.45, 2.75) is 19.6 Å². The first kappa shape index (κ1) is 23.7. The van der Waals surface area contributed by atoms with Crippen molar-refractivity contribution in [2.24, 2.45) is 0 Å². The van der Waals surface area contributed by atoms with Gasteiger partial charge in [0.05, 0.1) is 5.69 Å². The Kier molecular flexibility index (Phi) is 6.62. The highest BCUT2D eigenvalue weighted by Gasteiger charge is 2.27. The first-order chi connectivity index (χ1) is 16.7.